The number of nitrogens with zero attached hydrogens (tertiary/aromatic N) is 2. The van der Waals surface area contributed by atoms with E-state index in [1.807, 2.05) is 0 Å². The van der Waals surface area contributed by atoms with Crippen LogP contribution in [0.4, 0.5) is 32.0 Å². The van der Waals surface area contributed by atoms with Crippen molar-refractivity contribution >= 4 is 12.0 Å². The first kappa shape index (κ1) is 25.0. The average molecular weight is 458 g/mol. The smallest absolute Gasteiger partial charge is 0.417 e. The Morgan fingerprint density at radius 3 is 2.28 bits per heavy atom. The van der Waals surface area contributed by atoms with Gasteiger partial charge in [-0.15, -0.1) is 0 Å². The molecule has 0 fully saturated rings. The third-order valence-electron chi connectivity index (χ3n) is 4.51. The van der Waals surface area contributed by atoms with E-state index < -0.39 is 30.0 Å². The van der Waals surface area contributed by atoms with E-state index in [9.17, 15) is 31.1 Å². The highest BCUT2D eigenvalue weighted by molar-refractivity contribution is 5.55. The molecule has 0 radical (unpaired) electrons. The van der Waals surface area contributed by atoms with E-state index in [1.54, 1.807) is 24.3 Å². The third-order valence-corrected chi connectivity index (χ3v) is 4.51. The summed E-state index contributed by atoms with van der Waals surface area (Å²) in [4.78, 5) is 11.1. The van der Waals surface area contributed by atoms with E-state index >= 15 is 0 Å². The number of halogens is 6. The summed E-state index contributed by atoms with van der Waals surface area (Å²) < 4.78 is 84.1. The van der Waals surface area contributed by atoms with Gasteiger partial charge in [-0.2, -0.15) is 31.6 Å². The summed E-state index contributed by atoms with van der Waals surface area (Å²) in [5.74, 6) is 0.395. The number of ether oxygens (including phenoxy) is 1. The number of carbonyl (C=O) groups is 1. The zero-order chi connectivity index (χ0) is 23.8. The number of anilines is 1. The summed E-state index contributed by atoms with van der Waals surface area (Å²) in [7, 11) is 0. The zero-order valence-electron chi connectivity index (χ0n) is 16.8. The van der Waals surface area contributed by atoms with Crippen LogP contribution in [0.3, 0.4) is 0 Å². The molecule has 0 heterocycles. The predicted octanol–water partition coefficient (Wildman–Crippen LogP) is 5.55. The lowest BCUT2D eigenvalue weighted by molar-refractivity contribution is -0.137. The number of alkyl halides is 6. The molecule has 0 amide bonds. The summed E-state index contributed by atoms with van der Waals surface area (Å²) in [5.41, 5.74) is -1.31. The average Bonchev–Trinajstić information content (AvgIpc) is 2.72. The Kier molecular flexibility index (Phi) is 8.52. The van der Waals surface area contributed by atoms with Crippen LogP contribution < -0.4 is 9.64 Å². The Hall–Kier alpha value is -3.22. The van der Waals surface area contributed by atoms with E-state index in [2.05, 4.69) is 0 Å². The molecule has 2 aromatic rings. The van der Waals surface area contributed by atoms with Crippen molar-refractivity contribution in [2.24, 2.45) is 0 Å². The van der Waals surface area contributed by atoms with Crippen LogP contribution in [0.1, 0.15) is 29.5 Å². The fourth-order valence-electron chi connectivity index (χ4n) is 2.99. The van der Waals surface area contributed by atoms with Crippen LogP contribution in [0.2, 0.25) is 0 Å². The highest BCUT2D eigenvalue weighted by Crippen LogP contribution is 2.35. The molecule has 2 aromatic carbocycles. The minimum absolute atomic E-state index is 0.206. The van der Waals surface area contributed by atoms with Crippen molar-refractivity contribution < 1.29 is 35.9 Å². The molecule has 32 heavy (non-hydrogen) atoms. The van der Waals surface area contributed by atoms with Gasteiger partial charge in [-0.1, -0.05) is 12.1 Å². The van der Waals surface area contributed by atoms with Gasteiger partial charge in [0.05, 0.1) is 23.7 Å². The van der Waals surface area contributed by atoms with E-state index in [4.69, 9.17) is 10.00 Å². The summed E-state index contributed by atoms with van der Waals surface area (Å²) >= 11 is 0. The molecule has 10 heteroatoms. The van der Waals surface area contributed by atoms with Crippen LogP contribution in [-0.2, 0) is 17.4 Å². The van der Waals surface area contributed by atoms with Gasteiger partial charge >= 0.3 is 12.4 Å². The highest BCUT2D eigenvalue weighted by Gasteiger charge is 2.36. The van der Waals surface area contributed by atoms with Gasteiger partial charge in [0.25, 0.3) is 0 Å². The number of unbranched alkanes of at least 4 members (excludes halogenated alkanes) is 1. The zero-order valence-corrected chi connectivity index (χ0v) is 16.8. The lowest BCUT2D eigenvalue weighted by Crippen LogP contribution is -2.37. The second-order valence-corrected chi connectivity index (χ2v) is 6.93. The fourth-order valence-corrected chi connectivity index (χ4v) is 2.99. The molecule has 0 N–H and O–H groups in total. The van der Waals surface area contributed by atoms with Crippen molar-refractivity contribution in [1.29, 1.82) is 5.26 Å². The number of nitriles is 1. The van der Waals surface area contributed by atoms with Crippen molar-refractivity contribution in [3.63, 3.8) is 0 Å². The van der Waals surface area contributed by atoms with Gasteiger partial charge in [0.2, 0.25) is 0 Å². The Morgan fingerprint density at radius 1 is 1.03 bits per heavy atom. The minimum Gasteiger partial charge on any atom is -0.492 e. The first-order valence-electron chi connectivity index (χ1n) is 9.62. The molecule has 0 bridgehead atoms. The molecule has 172 valence electrons. The van der Waals surface area contributed by atoms with Crippen molar-refractivity contribution in [3.8, 4) is 11.8 Å². The first-order chi connectivity index (χ1) is 15.0. The number of aldehydes is 1. The van der Waals surface area contributed by atoms with Crippen LogP contribution >= 0.6 is 0 Å². The molecule has 0 atom stereocenters. The van der Waals surface area contributed by atoms with Crippen LogP contribution in [0, 0.1) is 11.3 Å². The summed E-state index contributed by atoms with van der Waals surface area (Å²) in [6.45, 7) is -2.01. The molecular formula is C22H20F6N2O2. The number of rotatable bonds is 10. The largest absolute Gasteiger partial charge is 0.492 e. The predicted molar refractivity (Wildman–Crippen MR) is 105 cm³/mol. The standard InChI is InChI=1S/C22H20F6N2O2/c23-21(24,25)15-30(18-7-6-17(14-29)20(13-18)22(26,27)28)10-12-32-19-8-4-16(5-9-19)3-1-2-11-31/h4-9,11,13H,1-3,10,12,15H2. The number of hydrogen-bond acceptors (Lipinski definition) is 4. The van der Waals surface area contributed by atoms with Gasteiger partial charge in [-0.3, -0.25) is 0 Å². The Balaban J connectivity index is 2.11. The fraction of sp³-hybridized carbons (Fsp3) is 0.364. The Bertz CT molecular complexity index is 933. The molecule has 0 aliphatic rings. The second kappa shape index (κ2) is 10.9. The van der Waals surface area contributed by atoms with Crippen LogP contribution in [0.5, 0.6) is 5.75 Å². The monoisotopic (exact) mass is 458 g/mol. The van der Waals surface area contributed by atoms with E-state index in [0.29, 0.717) is 31.1 Å². The Labute approximate surface area is 181 Å². The topological polar surface area (TPSA) is 53.3 Å². The lowest BCUT2D eigenvalue weighted by atomic mass is 10.1. The molecule has 0 unspecified atom stereocenters. The summed E-state index contributed by atoms with van der Waals surface area (Å²) in [6, 6.07) is 10.6. The van der Waals surface area contributed by atoms with Gasteiger partial charge in [-0.25, -0.2) is 0 Å². The van der Waals surface area contributed by atoms with Gasteiger partial charge in [0.1, 0.15) is 25.2 Å². The van der Waals surface area contributed by atoms with Crippen molar-refractivity contribution in [2.75, 3.05) is 24.6 Å². The van der Waals surface area contributed by atoms with E-state index in [1.165, 1.54) is 6.07 Å². The lowest BCUT2D eigenvalue weighted by Gasteiger charge is -2.27. The quantitative estimate of drug-likeness (QED) is 0.266. The maximum Gasteiger partial charge on any atom is 0.417 e. The van der Waals surface area contributed by atoms with Crippen molar-refractivity contribution in [3.05, 3.63) is 59.2 Å². The highest BCUT2D eigenvalue weighted by atomic mass is 19.4. The van der Waals surface area contributed by atoms with Crippen molar-refractivity contribution in [2.45, 2.75) is 31.6 Å². The molecule has 0 aliphatic heterocycles. The van der Waals surface area contributed by atoms with Crippen LogP contribution in [0.15, 0.2) is 42.5 Å². The van der Waals surface area contributed by atoms with E-state index in [-0.39, 0.29) is 18.8 Å². The SMILES string of the molecule is N#Cc1ccc(N(CCOc2ccc(CCCC=O)cc2)CC(F)(F)F)cc1C(F)(F)F. The molecule has 2 rings (SSSR count). The molecular weight excluding hydrogens is 438 g/mol. The number of aryl methyl sites for hydroxylation is 1. The van der Waals surface area contributed by atoms with Gasteiger partial charge in [-0.05, 0) is 48.7 Å². The maximum absolute atomic E-state index is 13.2. The van der Waals surface area contributed by atoms with Crippen molar-refractivity contribution in [1.82, 2.24) is 0 Å². The molecule has 0 saturated heterocycles. The number of carbonyl (C=O) groups excluding carboxylic acids is 1. The van der Waals surface area contributed by atoms with Gasteiger partial charge in [0, 0.05) is 12.1 Å². The number of benzene rings is 2. The summed E-state index contributed by atoms with van der Waals surface area (Å²) in [6.07, 6.45) is -6.88. The van der Waals surface area contributed by atoms with E-state index in [0.717, 1.165) is 28.9 Å². The molecule has 0 spiro atoms. The maximum atomic E-state index is 13.2. The van der Waals surface area contributed by atoms with Crippen LogP contribution in [0.25, 0.3) is 0 Å². The minimum atomic E-state index is -4.88. The third kappa shape index (κ3) is 7.80. The molecule has 0 aliphatic carbocycles. The van der Waals surface area contributed by atoms with Gasteiger partial charge in [0.15, 0.2) is 0 Å². The molecule has 4 nitrogen and oxygen atoms in total. The normalized spacial score (nSPS) is 11.7. The Morgan fingerprint density at radius 2 is 1.72 bits per heavy atom. The number of hydrogen-bond donors (Lipinski definition) is 0. The molecule has 0 aromatic heterocycles. The molecule has 0 saturated carbocycles. The van der Waals surface area contributed by atoms with Crippen LogP contribution in [-0.4, -0.2) is 32.2 Å². The summed E-state index contributed by atoms with van der Waals surface area (Å²) in [5, 5.41) is 8.87. The second-order valence-electron chi connectivity index (χ2n) is 6.93. The van der Waals surface area contributed by atoms with Gasteiger partial charge < -0.3 is 14.4 Å². The first-order valence-corrected chi connectivity index (χ1v) is 9.62.